The van der Waals surface area contributed by atoms with Gasteiger partial charge in [0.25, 0.3) is 0 Å². The van der Waals surface area contributed by atoms with Crippen LogP contribution in [0.25, 0.3) is 0 Å². The van der Waals surface area contributed by atoms with Gasteiger partial charge in [-0.3, -0.25) is 0 Å². The van der Waals surface area contributed by atoms with Crippen molar-refractivity contribution in [3.8, 4) is 0 Å². The molecule has 0 amide bonds. The normalized spacial score (nSPS) is 12.4. The fraction of sp³-hybridized carbons (Fsp3) is 0.357. The maximum Gasteiger partial charge on any atom is 0.228 e. The molecular formula is C14H17Cl2N5S. The van der Waals surface area contributed by atoms with Crippen LogP contribution in [0.3, 0.4) is 0 Å². The number of rotatable bonds is 6. The number of nitrogens with one attached hydrogen (secondary N) is 1. The molecule has 5 nitrogen and oxygen atoms in total. The Morgan fingerprint density at radius 2 is 1.95 bits per heavy atom. The van der Waals surface area contributed by atoms with Crippen LogP contribution < -0.4 is 11.1 Å². The van der Waals surface area contributed by atoms with Crippen molar-refractivity contribution in [2.24, 2.45) is 0 Å². The minimum absolute atomic E-state index is 0.0950. The molecule has 0 aliphatic carbocycles. The van der Waals surface area contributed by atoms with Crippen molar-refractivity contribution in [2.45, 2.75) is 29.6 Å². The highest BCUT2D eigenvalue weighted by Crippen LogP contribution is 2.24. The molecule has 118 valence electrons. The quantitative estimate of drug-likeness (QED) is 0.604. The number of hydrogen-bond acceptors (Lipinski definition) is 6. The van der Waals surface area contributed by atoms with Gasteiger partial charge < -0.3 is 11.1 Å². The third-order valence-corrected chi connectivity index (χ3v) is 4.65. The summed E-state index contributed by atoms with van der Waals surface area (Å²) in [5, 5.41) is 3.19. The van der Waals surface area contributed by atoms with E-state index in [1.54, 1.807) is 11.8 Å². The van der Waals surface area contributed by atoms with Crippen molar-refractivity contribution in [1.29, 1.82) is 0 Å². The lowest BCUT2D eigenvalue weighted by Crippen LogP contribution is -2.21. The van der Waals surface area contributed by atoms with Gasteiger partial charge >= 0.3 is 0 Å². The van der Waals surface area contributed by atoms with E-state index in [-0.39, 0.29) is 17.8 Å². The molecular weight excluding hydrogens is 341 g/mol. The molecule has 0 aliphatic heterocycles. The summed E-state index contributed by atoms with van der Waals surface area (Å²) in [6.45, 7) is 4.14. The highest BCUT2D eigenvalue weighted by Gasteiger charge is 2.13. The van der Waals surface area contributed by atoms with Gasteiger partial charge in [-0.1, -0.05) is 41.4 Å². The van der Waals surface area contributed by atoms with Crippen LogP contribution in [-0.2, 0) is 0 Å². The first-order valence-electron chi connectivity index (χ1n) is 6.70. The Hall–Kier alpha value is -1.24. The average Bonchev–Trinajstić information content (AvgIpc) is 2.45. The number of alkyl halides is 2. The van der Waals surface area contributed by atoms with Crippen molar-refractivity contribution in [3.05, 3.63) is 35.7 Å². The van der Waals surface area contributed by atoms with Crippen LogP contribution in [0.15, 0.2) is 29.2 Å². The SMILES string of the molecule is Cc1ccccc1SCC(C)Nc1nc(N)nc(C(Cl)Cl)n1. The molecule has 0 aliphatic rings. The van der Waals surface area contributed by atoms with Gasteiger partial charge in [0.05, 0.1) is 0 Å². The standard InChI is InChI=1S/C14H17Cl2N5S/c1-8-5-3-4-6-10(8)22-7-9(2)18-14-20-12(11(15)16)19-13(17)21-14/h3-6,9,11H,7H2,1-2H3,(H3,17,18,19,20,21). The minimum Gasteiger partial charge on any atom is -0.368 e. The van der Waals surface area contributed by atoms with Gasteiger partial charge in [0.2, 0.25) is 11.9 Å². The molecule has 0 bridgehead atoms. The van der Waals surface area contributed by atoms with Gasteiger partial charge in [-0.05, 0) is 25.5 Å². The van der Waals surface area contributed by atoms with Gasteiger partial charge in [-0.15, -0.1) is 11.8 Å². The van der Waals surface area contributed by atoms with Crippen LogP contribution in [0.4, 0.5) is 11.9 Å². The first kappa shape index (κ1) is 17.1. The van der Waals surface area contributed by atoms with Crippen LogP contribution in [0, 0.1) is 6.92 Å². The van der Waals surface area contributed by atoms with Gasteiger partial charge in [0.1, 0.15) is 0 Å². The second-order valence-corrected chi connectivity index (χ2v) is 6.96. The molecule has 0 fully saturated rings. The molecule has 1 aromatic heterocycles. The Balaban J connectivity index is 1.97. The summed E-state index contributed by atoms with van der Waals surface area (Å²) in [7, 11) is 0. The Morgan fingerprint density at radius 1 is 1.23 bits per heavy atom. The topological polar surface area (TPSA) is 76.7 Å². The summed E-state index contributed by atoms with van der Waals surface area (Å²) in [5.74, 6) is 1.58. The second kappa shape index (κ2) is 7.85. The van der Waals surface area contributed by atoms with Crippen LogP contribution in [0.1, 0.15) is 23.1 Å². The molecule has 2 rings (SSSR count). The van der Waals surface area contributed by atoms with Crippen molar-refractivity contribution >= 4 is 46.9 Å². The maximum atomic E-state index is 5.77. The predicted molar refractivity (Wildman–Crippen MR) is 93.7 cm³/mol. The molecule has 1 unspecified atom stereocenters. The first-order chi connectivity index (χ1) is 10.5. The number of benzene rings is 1. The molecule has 3 N–H and O–H groups in total. The van der Waals surface area contributed by atoms with Crippen LogP contribution >= 0.6 is 35.0 Å². The van der Waals surface area contributed by atoms with E-state index in [4.69, 9.17) is 28.9 Å². The molecule has 0 saturated carbocycles. The van der Waals surface area contributed by atoms with E-state index in [1.165, 1.54) is 10.5 Å². The van der Waals surface area contributed by atoms with Crippen molar-refractivity contribution in [1.82, 2.24) is 15.0 Å². The minimum atomic E-state index is -0.831. The number of aryl methyl sites for hydroxylation is 1. The zero-order valence-electron chi connectivity index (χ0n) is 12.3. The highest BCUT2D eigenvalue weighted by atomic mass is 35.5. The second-order valence-electron chi connectivity index (χ2n) is 4.80. The Labute approximate surface area is 144 Å². The van der Waals surface area contributed by atoms with Crippen molar-refractivity contribution < 1.29 is 0 Å². The Kier molecular flexibility index (Phi) is 6.11. The lowest BCUT2D eigenvalue weighted by atomic mass is 10.2. The maximum absolute atomic E-state index is 5.77. The van der Waals surface area contributed by atoms with Crippen LogP contribution in [0.2, 0.25) is 0 Å². The van der Waals surface area contributed by atoms with E-state index in [9.17, 15) is 0 Å². The number of nitrogens with two attached hydrogens (primary N) is 1. The smallest absolute Gasteiger partial charge is 0.228 e. The summed E-state index contributed by atoms with van der Waals surface area (Å²) >= 11 is 13.3. The predicted octanol–water partition coefficient (Wildman–Crippen LogP) is 3.83. The van der Waals surface area contributed by atoms with E-state index >= 15 is 0 Å². The number of aromatic nitrogens is 3. The summed E-state index contributed by atoms with van der Waals surface area (Å²) in [6.07, 6.45) is 0. The fourth-order valence-corrected chi connectivity index (χ4v) is 2.95. The number of thioether (sulfide) groups is 1. The molecule has 8 heteroatoms. The highest BCUT2D eigenvalue weighted by molar-refractivity contribution is 7.99. The van der Waals surface area contributed by atoms with E-state index in [0.717, 1.165) is 5.75 Å². The summed E-state index contributed by atoms with van der Waals surface area (Å²) in [4.78, 5) is 12.5. The van der Waals surface area contributed by atoms with Gasteiger partial charge in [0, 0.05) is 16.7 Å². The fourth-order valence-electron chi connectivity index (χ4n) is 1.77. The molecule has 22 heavy (non-hydrogen) atoms. The third kappa shape index (κ3) is 4.90. The number of nitrogens with zero attached hydrogens (tertiary/aromatic N) is 3. The summed E-state index contributed by atoms with van der Waals surface area (Å²) < 4.78 is 0. The average molecular weight is 358 g/mol. The summed E-state index contributed by atoms with van der Waals surface area (Å²) in [6, 6.07) is 8.42. The number of halogens is 2. The Morgan fingerprint density at radius 3 is 2.64 bits per heavy atom. The van der Waals surface area contributed by atoms with Gasteiger partial charge in [-0.2, -0.15) is 15.0 Å². The molecule has 1 atom stereocenters. The van der Waals surface area contributed by atoms with Crippen molar-refractivity contribution in [3.63, 3.8) is 0 Å². The van der Waals surface area contributed by atoms with Crippen molar-refractivity contribution in [2.75, 3.05) is 16.8 Å². The van der Waals surface area contributed by atoms with E-state index in [0.29, 0.717) is 5.95 Å². The van der Waals surface area contributed by atoms with Gasteiger partial charge in [-0.25, -0.2) is 0 Å². The lowest BCUT2D eigenvalue weighted by Gasteiger charge is -2.15. The molecule has 2 aromatic rings. The first-order valence-corrected chi connectivity index (χ1v) is 8.56. The van der Waals surface area contributed by atoms with E-state index in [1.807, 2.05) is 19.1 Å². The monoisotopic (exact) mass is 357 g/mol. The van der Waals surface area contributed by atoms with Crippen LogP contribution in [-0.4, -0.2) is 26.7 Å². The summed E-state index contributed by atoms with van der Waals surface area (Å²) in [5.41, 5.74) is 6.90. The molecule has 0 spiro atoms. The third-order valence-electron chi connectivity index (χ3n) is 2.82. The van der Waals surface area contributed by atoms with Crippen LogP contribution in [0.5, 0.6) is 0 Å². The van der Waals surface area contributed by atoms with Gasteiger partial charge in [0.15, 0.2) is 10.7 Å². The molecule has 0 saturated heterocycles. The number of hydrogen-bond donors (Lipinski definition) is 2. The Bertz CT molecular complexity index is 638. The number of anilines is 2. The lowest BCUT2D eigenvalue weighted by molar-refractivity contribution is 0.864. The zero-order chi connectivity index (χ0) is 16.1. The molecule has 1 aromatic carbocycles. The van der Waals surface area contributed by atoms with E-state index < -0.39 is 4.84 Å². The largest absolute Gasteiger partial charge is 0.368 e. The number of nitrogen functional groups attached to an aromatic ring is 1. The zero-order valence-corrected chi connectivity index (χ0v) is 14.6. The van der Waals surface area contributed by atoms with E-state index in [2.05, 4.69) is 39.3 Å². The molecule has 1 heterocycles. The molecule has 0 radical (unpaired) electrons.